The first-order chi connectivity index (χ1) is 7.70. The maximum absolute atomic E-state index is 10.7. The van der Waals surface area contributed by atoms with Crippen molar-refractivity contribution >= 4 is 5.97 Å². The number of hydrogen-bond acceptors (Lipinski definition) is 3. The van der Waals surface area contributed by atoms with Gasteiger partial charge >= 0.3 is 5.97 Å². The van der Waals surface area contributed by atoms with Gasteiger partial charge in [0.05, 0.1) is 6.61 Å². The second-order valence-corrected chi connectivity index (χ2v) is 3.49. The lowest BCUT2D eigenvalue weighted by atomic mass is 10.4. The average Bonchev–Trinajstić information content (AvgIpc) is 3.13. The smallest absolute Gasteiger partial charge is 0.333 e. The summed E-state index contributed by atoms with van der Waals surface area (Å²) in [5, 5.41) is 0. The van der Waals surface area contributed by atoms with E-state index in [0.29, 0.717) is 18.8 Å². The molecular weight excluding hydrogens is 204 g/mol. The zero-order chi connectivity index (χ0) is 11.8. The van der Waals surface area contributed by atoms with E-state index in [0.717, 1.165) is 0 Å². The number of benzene rings is 1. The minimum absolute atomic E-state index is 0.142. The van der Waals surface area contributed by atoms with E-state index < -0.39 is 0 Å². The fourth-order valence-electron chi connectivity index (χ4n) is 0.841. The topological polar surface area (TPSA) is 38.8 Å². The van der Waals surface area contributed by atoms with Crippen LogP contribution < -0.4 is 0 Å². The molecule has 1 heterocycles. The summed E-state index contributed by atoms with van der Waals surface area (Å²) in [7, 11) is 0. The quantitative estimate of drug-likeness (QED) is 0.445. The van der Waals surface area contributed by atoms with Crippen molar-refractivity contribution < 1.29 is 14.3 Å². The Kier molecular flexibility index (Phi) is 5.29. The number of carbonyl (C=O) groups is 1. The average molecular weight is 220 g/mol. The van der Waals surface area contributed by atoms with Gasteiger partial charge in [-0.2, -0.15) is 0 Å². The van der Waals surface area contributed by atoms with Crippen LogP contribution in [0.3, 0.4) is 0 Å². The zero-order valence-corrected chi connectivity index (χ0v) is 9.39. The number of rotatable bonds is 3. The molecule has 3 nitrogen and oxygen atoms in total. The first-order valence-electron chi connectivity index (χ1n) is 5.14. The van der Waals surface area contributed by atoms with Gasteiger partial charge in [-0.15, -0.1) is 0 Å². The third-order valence-electron chi connectivity index (χ3n) is 1.82. The molecule has 1 aliphatic rings. The van der Waals surface area contributed by atoms with Crippen LogP contribution >= 0.6 is 0 Å². The molecule has 0 radical (unpaired) electrons. The molecule has 3 heteroatoms. The Balaban J connectivity index is 0.000000181. The third kappa shape index (κ3) is 5.98. The Morgan fingerprint density at radius 3 is 2.06 bits per heavy atom. The Morgan fingerprint density at radius 2 is 1.75 bits per heavy atom. The fourth-order valence-corrected chi connectivity index (χ4v) is 0.841. The summed E-state index contributed by atoms with van der Waals surface area (Å²) in [6.45, 7) is 6.14. The van der Waals surface area contributed by atoms with Crippen molar-refractivity contribution in [3.8, 4) is 0 Å². The van der Waals surface area contributed by atoms with Crippen molar-refractivity contribution in [2.75, 3.05) is 13.2 Å². The Labute approximate surface area is 95.7 Å². The first-order valence-corrected chi connectivity index (χ1v) is 5.14. The van der Waals surface area contributed by atoms with E-state index in [1.54, 1.807) is 6.92 Å². The molecule has 0 spiro atoms. The van der Waals surface area contributed by atoms with Crippen molar-refractivity contribution in [3.63, 3.8) is 0 Å². The third-order valence-corrected chi connectivity index (χ3v) is 1.82. The van der Waals surface area contributed by atoms with Crippen molar-refractivity contribution in [2.24, 2.45) is 0 Å². The minimum Gasteiger partial charge on any atom is -0.459 e. The summed E-state index contributed by atoms with van der Waals surface area (Å²) in [5.74, 6) is -0.337. The zero-order valence-electron chi connectivity index (χ0n) is 9.39. The summed E-state index contributed by atoms with van der Waals surface area (Å²) in [6.07, 6.45) is 0.142. The highest BCUT2D eigenvalue weighted by atomic mass is 16.6. The normalized spacial score (nSPS) is 16.7. The standard InChI is InChI=1S/C7H10O3.C6H6/c1-5(2)7(8)10-4-6-3-9-6;1-2-4-6-5-3-1/h6H,1,3-4H2,2H3;1-6H. The summed E-state index contributed by atoms with van der Waals surface area (Å²) < 4.78 is 9.60. The molecule has 1 saturated heterocycles. The molecule has 1 aromatic carbocycles. The van der Waals surface area contributed by atoms with Gasteiger partial charge < -0.3 is 9.47 Å². The molecular formula is C13H16O3. The minimum atomic E-state index is -0.337. The van der Waals surface area contributed by atoms with Crippen LogP contribution in [0.4, 0.5) is 0 Å². The number of esters is 1. The maximum Gasteiger partial charge on any atom is 0.333 e. The van der Waals surface area contributed by atoms with E-state index in [-0.39, 0.29) is 12.1 Å². The lowest BCUT2D eigenvalue weighted by Crippen LogP contribution is -2.09. The highest BCUT2D eigenvalue weighted by molar-refractivity contribution is 5.86. The summed E-state index contributed by atoms with van der Waals surface area (Å²) in [6, 6.07) is 12.0. The van der Waals surface area contributed by atoms with Crippen LogP contribution in [0.1, 0.15) is 6.92 Å². The monoisotopic (exact) mass is 220 g/mol. The Hall–Kier alpha value is -1.61. The van der Waals surface area contributed by atoms with Crippen LogP contribution in [-0.2, 0) is 14.3 Å². The Bertz CT molecular complexity index is 302. The molecule has 0 amide bonds. The van der Waals surface area contributed by atoms with Crippen molar-refractivity contribution in [1.29, 1.82) is 0 Å². The van der Waals surface area contributed by atoms with Gasteiger partial charge in [-0.3, -0.25) is 0 Å². The number of ether oxygens (including phenoxy) is 2. The number of hydrogen-bond donors (Lipinski definition) is 0. The first kappa shape index (κ1) is 12.5. The molecule has 0 N–H and O–H groups in total. The molecule has 0 aromatic heterocycles. The second kappa shape index (κ2) is 6.80. The van der Waals surface area contributed by atoms with Crippen LogP contribution in [0.5, 0.6) is 0 Å². The van der Waals surface area contributed by atoms with E-state index in [2.05, 4.69) is 6.58 Å². The number of carbonyl (C=O) groups excluding carboxylic acids is 1. The molecule has 16 heavy (non-hydrogen) atoms. The van der Waals surface area contributed by atoms with Gasteiger partial charge in [0.1, 0.15) is 12.7 Å². The van der Waals surface area contributed by atoms with Crippen molar-refractivity contribution in [2.45, 2.75) is 13.0 Å². The maximum atomic E-state index is 10.7. The van der Waals surface area contributed by atoms with Crippen LogP contribution in [-0.4, -0.2) is 25.3 Å². The largest absolute Gasteiger partial charge is 0.459 e. The SMILES string of the molecule is C=C(C)C(=O)OCC1CO1.c1ccccc1. The molecule has 2 rings (SSSR count). The van der Waals surface area contributed by atoms with Crippen molar-refractivity contribution in [3.05, 3.63) is 48.6 Å². The summed E-state index contributed by atoms with van der Waals surface area (Å²) in [5.41, 5.74) is 0.431. The predicted molar refractivity (Wildman–Crippen MR) is 62.0 cm³/mol. The second-order valence-electron chi connectivity index (χ2n) is 3.49. The van der Waals surface area contributed by atoms with Crippen LogP contribution in [0.2, 0.25) is 0 Å². The predicted octanol–water partition coefficient (Wildman–Crippen LogP) is 2.19. The molecule has 1 aromatic rings. The molecule has 0 aliphatic carbocycles. The summed E-state index contributed by atoms with van der Waals surface area (Å²) >= 11 is 0. The summed E-state index contributed by atoms with van der Waals surface area (Å²) in [4.78, 5) is 10.7. The van der Waals surface area contributed by atoms with E-state index in [1.165, 1.54) is 0 Å². The molecule has 1 fully saturated rings. The van der Waals surface area contributed by atoms with Gasteiger partial charge in [0, 0.05) is 5.57 Å². The van der Waals surface area contributed by atoms with Crippen LogP contribution in [0.15, 0.2) is 48.6 Å². The molecule has 86 valence electrons. The van der Waals surface area contributed by atoms with Crippen LogP contribution in [0, 0.1) is 0 Å². The van der Waals surface area contributed by atoms with E-state index in [9.17, 15) is 4.79 Å². The number of epoxide rings is 1. The highest BCUT2D eigenvalue weighted by Gasteiger charge is 2.24. The molecule has 1 atom stereocenters. The van der Waals surface area contributed by atoms with Crippen molar-refractivity contribution in [1.82, 2.24) is 0 Å². The highest BCUT2D eigenvalue weighted by Crippen LogP contribution is 2.09. The Morgan fingerprint density at radius 1 is 1.31 bits per heavy atom. The van der Waals surface area contributed by atoms with Gasteiger partial charge in [0.2, 0.25) is 0 Å². The van der Waals surface area contributed by atoms with Gasteiger partial charge in [0.25, 0.3) is 0 Å². The van der Waals surface area contributed by atoms with Crippen LogP contribution in [0.25, 0.3) is 0 Å². The molecule has 1 unspecified atom stereocenters. The van der Waals surface area contributed by atoms with E-state index >= 15 is 0 Å². The van der Waals surface area contributed by atoms with Gasteiger partial charge in [-0.1, -0.05) is 43.0 Å². The lowest BCUT2D eigenvalue weighted by Gasteiger charge is -1.99. The van der Waals surface area contributed by atoms with Gasteiger partial charge in [-0.25, -0.2) is 4.79 Å². The van der Waals surface area contributed by atoms with E-state index in [4.69, 9.17) is 9.47 Å². The lowest BCUT2D eigenvalue weighted by molar-refractivity contribution is -0.139. The molecule has 0 saturated carbocycles. The van der Waals surface area contributed by atoms with Gasteiger partial charge in [0.15, 0.2) is 0 Å². The van der Waals surface area contributed by atoms with Gasteiger partial charge in [-0.05, 0) is 6.92 Å². The molecule has 1 aliphatic heterocycles. The van der Waals surface area contributed by atoms with E-state index in [1.807, 2.05) is 36.4 Å². The molecule has 0 bridgehead atoms. The fraction of sp³-hybridized carbons (Fsp3) is 0.308.